The number of carbonyl (C=O) groups is 3. The summed E-state index contributed by atoms with van der Waals surface area (Å²) in [5.74, 6) is -1.26. The third-order valence-corrected chi connectivity index (χ3v) is 2.85. The van der Waals surface area contributed by atoms with E-state index >= 15 is 0 Å². The van der Waals surface area contributed by atoms with Gasteiger partial charge in [-0.25, -0.2) is 0 Å². The first kappa shape index (κ1) is 13.6. The van der Waals surface area contributed by atoms with Crippen molar-refractivity contribution in [3.63, 3.8) is 0 Å². The van der Waals surface area contributed by atoms with Crippen molar-refractivity contribution in [1.29, 1.82) is 0 Å². The van der Waals surface area contributed by atoms with Gasteiger partial charge in [0.25, 0.3) is 0 Å². The van der Waals surface area contributed by atoms with Crippen molar-refractivity contribution in [3.8, 4) is 0 Å². The van der Waals surface area contributed by atoms with E-state index < -0.39 is 12.0 Å². The number of unbranched alkanes of at least 4 members (excludes halogenated alkanes) is 1. The molecule has 17 heavy (non-hydrogen) atoms. The number of nitrogens with two attached hydrogens (primary N) is 1. The highest BCUT2D eigenvalue weighted by molar-refractivity contribution is 5.97. The zero-order valence-electron chi connectivity index (χ0n) is 9.72. The number of piperidine rings is 1. The predicted octanol–water partition coefficient (Wildman–Crippen LogP) is 0.108. The van der Waals surface area contributed by atoms with Gasteiger partial charge >= 0.3 is 5.97 Å². The Bertz CT molecular complexity index is 301. The van der Waals surface area contributed by atoms with Crippen LogP contribution in [0.4, 0.5) is 0 Å². The molecule has 1 fully saturated rings. The predicted molar refractivity (Wildman–Crippen MR) is 60.0 cm³/mol. The highest BCUT2D eigenvalue weighted by Crippen LogP contribution is 2.13. The highest BCUT2D eigenvalue weighted by Gasteiger charge is 2.25. The summed E-state index contributed by atoms with van der Waals surface area (Å²) < 4.78 is 0. The zero-order chi connectivity index (χ0) is 12.8. The second-order valence-electron chi connectivity index (χ2n) is 4.23. The molecule has 1 aliphatic heterocycles. The van der Waals surface area contributed by atoms with Gasteiger partial charge in [0.2, 0.25) is 11.8 Å². The van der Waals surface area contributed by atoms with E-state index in [1.807, 2.05) is 0 Å². The molecule has 1 unspecified atom stereocenters. The van der Waals surface area contributed by atoms with Gasteiger partial charge in [0.15, 0.2) is 0 Å². The van der Waals surface area contributed by atoms with Gasteiger partial charge in [-0.2, -0.15) is 0 Å². The lowest BCUT2D eigenvalue weighted by Crippen LogP contribution is -2.40. The minimum absolute atomic E-state index is 0.121. The van der Waals surface area contributed by atoms with Gasteiger partial charge in [-0.05, 0) is 25.7 Å². The largest absolute Gasteiger partial charge is 0.480 e. The minimum Gasteiger partial charge on any atom is -0.480 e. The molecule has 6 nitrogen and oxygen atoms in total. The molecule has 2 amide bonds. The van der Waals surface area contributed by atoms with Crippen LogP contribution in [0.15, 0.2) is 0 Å². The Morgan fingerprint density at radius 2 is 1.88 bits per heavy atom. The standard InChI is InChI=1S/C11H18N2O4/c12-8(11(16)17)4-1-2-7-13-9(14)5-3-6-10(13)15/h8H,1-7,12H2,(H,16,17). The van der Waals surface area contributed by atoms with Gasteiger partial charge in [-0.15, -0.1) is 0 Å². The zero-order valence-corrected chi connectivity index (χ0v) is 9.72. The van der Waals surface area contributed by atoms with Crippen LogP contribution in [0.1, 0.15) is 38.5 Å². The summed E-state index contributed by atoms with van der Waals surface area (Å²) in [6.45, 7) is 0.379. The summed E-state index contributed by atoms with van der Waals surface area (Å²) in [6.07, 6.45) is 3.08. The van der Waals surface area contributed by atoms with Gasteiger partial charge in [0.1, 0.15) is 6.04 Å². The molecule has 0 aromatic carbocycles. The van der Waals surface area contributed by atoms with Crippen molar-refractivity contribution in [2.45, 2.75) is 44.6 Å². The molecule has 0 radical (unpaired) electrons. The molecule has 0 aliphatic carbocycles. The first-order valence-electron chi connectivity index (χ1n) is 5.84. The Labute approximate surface area is 99.8 Å². The van der Waals surface area contributed by atoms with E-state index in [1.165, 1.54) is 4.90 Å². The SMILES string of the molecule is NC(CCCCN1C(=O)CCCC1=O)C(=O)O. The van der Waals surface area contributed by atoms with Crippen LogP contribution in [0.3, 0.4) is 0 Å². The van der Waals surface area contributed by atoms with E-state index in [4.69, 9.17) is 10.8 Å². The maximum Gasteiger partial charge on any atom is 0.320 e. The molecule has 0 bridgehead atoms. The van der Waals surface area contributed by atoms with Crippen molar-refractivity contribution in [2.24, 2.45) is 5.73 Å². The van der Waals surface area contributed by atoms with Gasteiger partial charge < -0.3 is 10.8 Å². The number of imide groups is 1. The molecule has 0 aromatic rings. The van der Waals surface area contributed by atoms with Crippen molar-refractivity contribution in [2.75, 3.05) is 6.54 Å². The average Bonchev–Trinajstić information content (AvgIpc) is 2.27. The van der Waals surface area contributed by atoms with Crippen molar-refractivity contribution in [3.05, 3.63) is 0 Å². The Balaban J connectivity index is 2.23. The van der Waals surface area contributed by atoms with Crippen LogP contribution in [-0.2, 0) is 14.4 Å². The van der Waals surface area contributed by atoms with Gasteiger partial charge in [-0.3, -0.25) is 19.3 Å². The number of carbonyl (C=O) groups excluding carboxylic acids is 2. The number of carboxylic acids is 1. The van der Waals surface area contributed by atoms with E-state index in [9.17, 15) is 14.4 Å². The number of hydrogen-bond acceptors (Lipinski definition) is 4. The number of carboxylic acid groups (broad SMARTS) is 1. The third-order valence-electron chi connectivity index (χ3n) is 2.85. The first-order valence-corrected chi connectivity index (χ1v) is 5.84. The molecule has 1 heterocycles. The quantitative estimate of drug-likeness (QED) is 0.508. The molecule has 1 aliphatic rings. The van der Waals surface area contributed by atoms with Crippen LogP contribution in [0, 0.1) is 0 Å². The second kappa shape index (κ2) is 6.34. The molecule has 1 rings (SSSR count). The van der Waals surface area contributed by atoms with E-state index in [1.54, 1.807) is 0 Å². The number of amides is 2. The van der Waals surface area contributed by atoms with Crippen molar-refractivity contribution < 1.29 is 19.5 Å². The molecule has 6 heteroatoms. The lowest BCUT2D eigenvalue weighted by Gasteiger charge is -2.24. The lowest BCUT2D eigenvalue weighted by molar-refractivity contribution is -0.148. The molecule has 96 valence electrons. The van der Waals surface area contributed by atoms with Crippen LogP contribution in [0.2, 0.25) is 0 Å². The van der Waals surface area contributed by atoms with E-state index in [0.717, 1.165) is 0 Å². The van der Waals surface area contributed by atoms with E-state index in [0.29, 0.717) is 45.1 Å². The molecular formula is C11H18N2O4. The number of aliphatic carboxylic acids is 1. The summed E-state index contributed by atoms with van der Waals surface area (Å²) >= 11 is 0. The van der Waals surface area contributed by atoms with Gasteiger partial charge in [-0.1, -0.05) is 0 Å². The third kappa shape index (κ3) is 4.14. The molecule has 3 N–H and O–H groups in total. The van der Waals surface area contributed by atoms with Crippen molar-refractivity contribution >= 4 is 17.8 Å². The van der Waals surface area contributed by atoms with Crippen LogP contribution in [0.5, 0.6) is 0 Å². The minimum atomic E-state index is -1.02. The fourth-order valence-corrected chi connectivity index (χ4v) is 1.81. The molecule has 0 aromatic heterocycles. The second-order valence-corrected chi connectivity index (χ2v) is 4.23. The van der Waals surface area contributed by atoms with Crippen LogP contribution < -0.4 is 5.73 Å². The molecule has 1 atom stereocenters. The molecule has 0 saturated carbocycles. The van der Waals surface area contributed by atoms with E-state index in [2.05, 4.69) is 0 Å². The normalized spacial score (nSPS) is 18.3. The smallest absolute Gasteiger partial charge is 0.320 e. The number of likely N-dealkylation sites (tertiary alicyclic amines) is 1. The summed E-state index contributed by atoms with van der Waals surface area (Å²) in [7, 11) is 0. The molecule has 0 spiro atoms. The fourth-order valence-electron chi connectivity index (χ4n) is 1.81. The lowest BCUT2D eigenvalue weighted by atomic mass is 10.1. The summed E-state index contributed by atoms with van der Waals surface area (Å²) in [5, 5.41) is 8.57. The van der Waals surface area contributed by atoms with Gasteiger partial charge in [0.05, 0.1) is 0 Å². The van der Waals surface area contributed by atoms with Gasteiger partial charge in [0, 0.05) is 19.4 Å². The van der Waals surface area contributed by atoms with Crippen LogP contribution >= 0.6 is 0 Å². The number of hydrogen-bond donors (Lipinski definition) is 2. The number of nitrogens with zero attached hydrogens (tertiary/aromatic N) is 1. The number of rotatable bonds is 6. The Morgan fingerprint density at radius 1 is 1.29 bits per heavy atom. The molecule has 1 saturated heterocycles. The Kier molecular flexibility index (Phi) is 5.09. The summed E-state index contributed by atoms with van der Waals surface area (Å²) in [4.78, 5) is 34.6. The highest BCUT2D eigenvalue weighted by atomic mass is 16.4. The monoisotopic (exact) mass is 242 g/mol. The first-order chi connectivity index (χ1) is 8.02. The van der Waals surface area contributed by atoms with Crippen LogP contribution in [-0.4, -0.2) is 40.4 Å². The fraction of sp³-hybridized carbons (Fsp3) is 0.727. The van der Waals surface area contributed by atoms with Crippen LogP contribution in [0.25, 0.3) is 0 Å². The van der Waals surface area contributed by atoms with E-state index in [-0.39, 0.29) is 11.8 Å². The topological polar surface area (TPSA) is 101 Å². The Morgan fingerprint density at radius 3 is 2.41 bits per heavy atom. The maximum absolute atomic E-state index is 11.4. The molecular weight excluding hydrogens is 224 g/mol. The average molecular weight is 242 g/mol. The maximum atomic E-state index is 11.4. The van der Waals surface area contributed by atoms with Crippen molar-refractivity contribution in [1.82, 2.24) is 4.90 Å². The summed E-state index contributed by atoms with van der Waals surface area (Å²) in [6, 6.07) is -0.859. The summed E-state index contributed by atoms with van der Waals surface area (Å²) in [5.41, 5.74) is 5.34. The Hall–Kier alpha value is -1.43.